The molecule has 2 aromatic heterocycles. The van der Waals surface area contributed by atoms with E-state index in [0.717, 1.165) is 25.7 Å². The average molecular weight is 390 g/mol. The van der Waals surface area contributed by atoms with E-state index in [1.807, 2.05) is 32.0 Å². The van der Waals surface area contributed by atoms with Gasteiger partial charge in [0.15, 0.2) is 0 Å². The molecule has 0 aliphatic heterocycles. The van der Waals surface area contributed by atoms with Gasteiger partial charge in [-0.2, -0.15) is 12.5 Å². The fourth-order valence-corrected chi connectivity index (χ4v) is 2.05. The molecule has 0 fully saturated rings. The molecule has 23 heavy (non-hydrogen) atoms. The molecule has 0 atom stereocenters. The number of hydrogen-bond donors (Lipinski definition) is 0. The van der Waals surface area contributed by atoms with Crippen LogP contribution in [0.15, 0.2) is 22.6 Å². The zero-order valence-corrected chi connectivity index (χ0v) is 17.6. The zero-order valence-electron chi connectivity index (χ0n) is 14.8. The van der Waals surface area contributed by atoms with E-state index in [1.54, 1.807) is 0 Å². The van der Waals surface area contributed by atoms with Gasteiger partial charge in [-0.15, -0.1) is 22.0 Å². The van der Waals surface area contributed by atoms with Gasteiger partial charge < -0.3 is 11.3 Å². The summed E-state index contributed by atoms with van der Waals surface area (Å²) in [6.45, 7) is 15.9. The molecule has 0 aromatic carbocycles. The van der Waals surface area contributed by atoms with Gasteiger partial charge in [-0.05, 0) is 12.5 Å². The van der Waals surface area contributed by atoms with Crippen molar-refractivity contribution < 1.29 is 37.1 Å². The number of unbranched alkanes of at least 4 members (excludes halogenated alkanes) is 2. The topological polar surface area (TPSA) is 51.8 Å². The molecule has 0 spiro atoms. The Morgan fingerprint density at radius 3 is 2.43 bits per heavy atom. The van der Waals surface area contributed by atoms with Crippen LogP contribution in [0.5, 0.6) is 0 Å². The SMILES string of the molecule is CC.[CH2-]CCCCC(C)(C)c1nnc(-c2cccc([CH2-])n2)o1.[Y]. The van der Waals surface area contributed by atoms with Crippen molar-refractivity contribution in [2.24, 2.45) is 0 Å². The Kier molecular flexibility index (Phi) is 10.6. The van der Waals surface area contributed by atoms with E-state index >= 15 is 0 Å². The summed E-state index contributed by atoms with van der Waals surface area (Å²) in [5, 5.41) is 8.28. The third-order valence-corrected chi connectivity index (χ3v) is 3.33. The van der Waals surface area contributed by atoms with E-state index in [9.17, 15) is 0 Å². The van der Waals surface area contributed by atoms with Crippen LogP contribution in [-0.4, -0.2) is 15.2 Å². The van der Waals surface area contributed by atoms with Crippen molar-refractivity contribution in [1.29, 1.82) is 0 Å². The van der Waals surface area contributed by atoms with Crippen LogP contribution < -0.4 is 0 Å². The molecule has 0 saturated heterocycles. The van der Waals surface area contributed by atoms with Gasteiger partial charge in [0.25, 0.3) is 5.89 Å². The number of hydrogen-bond acceptors (Lipinski definition) is 4. The maximum atomic E-state index is 5.79. The first-order chi connectivity index (χ1) is 10.5. The molecule has 0 bridgehead atoms. The van der Waals surface area contributed by atoms with Crippen LogP contribution >= 0.6 is 0 Å². The second kappa shape index (κ2) is 10.9. The van der Waals surface area contributed by atoms with Gasteiger partial charge in [-0.1, -0.05) is 40.5 Å². The van der Waals surface area contributed by atoms with Gasteiger partial charge in [-0.3, -0.25) is 4.98 Å². The Hall–Kier alpha value is -0.736. The maximum absolute atomic E-state index is 5.79. The molecule has 0 aliphatic rings. The number of rotatable bonds is 6. The Bertz CT molecular complexity index is 567. The zero-order chi connectivity index (χ0) is 16.6. The van der Waals surface area contributed by atoms with Crippen molar-refractivity contribution >= 4 is 0 Å². The monoisotopic (exact) mass is 390 g/mol. The molecule has 4 nitrogen and oxygen atoms in total. The first kappa shape index (κ1) is 22.3. The van der Waals surface area contributed by atoms with Crippen LogP contribution in [0.2, 0.25) is 0 Å². The van der Waals surface area contributed by atoms with Crippen molar-refractivity contribution in [3.63, 3.8) is 0 Å². The summed E-state index contributed by atoms with van der Waals surface area (Å²) >= 11 is 0. The number of pyridine rings is 1. The third kappa shape index (κ3) is 6.72. The van der Waals surface area contributed by atoms with E-state index < -0.39 is 0 Å². The van der Waals surface area contributed by atoms with Crippen molar-refractivity contribution in [2.45, 2.75) is 58.8 Å². The van der Waals surface area contributed by atoms with Crippen LogP contribution in [-0.2, 0) is 38.1 Å². The standard InChI is InChI=1S/C16H21N3O.C2H6.Y/c1-5-6-7-11-16(3,4)15-19-18-14(20-15)13-10-8-9-12(2)17-13;1-2;/h8-10H,1-2,5-7,11H2,3-4H3;1-2H3;/q-2;;. The summed E-state index contributed by atoms with van der Waals surface area (Å²) in [7, 11) is 0. The van der Waals surface area contributed by atoms with Crippen molar-refractivity contribution in [3.8, 4) is 11.6 Å². The predicted molar refractivity (Wildman–Crippen MR) is 90.2 cm³/mol. The van der Waals surface area contributed by atoms with E-state index in [2.05, 4.69) is 42.9 Å². The van der Waals surface area contributed by atoms with Crippen molar-refractivity contribution in [2.75, 3.05) is 0 Å². The maximum Gasteiger partial charge on any atom is 0.266 e. The van der Waals surface area contributed by atoms with E-state index in [1.165, 1.54) is 0 Å². The van der Waals surface area contributed by atoms with Gasteiger partial charge in [0, 0.05) is 38.1 Å². The molecule has 2 aromatic rings. The molecule has 5 heteroatoms. The summed E-state index contributed by atoms with van der Waals surface area (Å²) in [5.74, 6) is 1.11. The molecule has 0 amide bonds. The predicted octanol–water partition coefficient (Wildman–Crippen LogP) is 5.01. The first-order valence-corrected chi connectivity index (χ1v) is 7.95. The number of nitrogens with zero attached hydrogens (tertiary/aromatic N) is 3. The Balaban J connectivity index is 0.00000155. The molecule has 0 unspecified atom stereocenters. The van der Waals surface area contributed by atoms with Crippen molar-refractivity contribution in [1.82, 2.24) is 15.2 Å². The van der Waals surface area contributed by atoms with Gasteiger partial charge in [-0.25, -0.2) is 6.92 Å². The van der Waals surface area contributed by atoms with Gasteiger partial charge in [0.2, 0.25) is 5.89 Å². The minimum absolute atomic E-state index is 0. The van der Waals surface area contributed by atoms with E-state index in [0.29, 0.717) is 23.2 Å². The average Bonchev–Trinajstić information content (AvgIpc) is 3.00. The van der Waals surface area contributed by atoms with E-state index in [-0.39, 0.29) is 38.1 Å². The summed E-state index contributed by atoms with van der Waals surface area (Å²) in [4.78, 5) is 4.30. The van der Waals surface area contributed by atoms with E-state index in [4.69, 9.17) is 4.42 Å². The summed E-state index contributed by atoms with van der Waals surface area (Å²) in [5.41, 5.74) is 1.24. The Morgan fingerprint density at radius 1 is 1.13 bits per heavy atom. The minimum Gasteiger partial charge on any atom is -0.419 e. The fraction of sp³-hybridized carbons (Fsp3) is 0.500. The molecule has 0 N–H and O–H groups in total. The Morgan fingerprint density at radius 2 is 1.83 bits per heavy atom. The van der Waals surface area contributed by atoms with Crippen LogP contribution in [0.25, 0.3) is 11.6 Å². The van der Waals surface area contributed by atoms with Crippen molar-refractivity contribution in [3.05, 3.63) is 43.6 Å². The molecule has 2 rings (SSSR count). The van der Waals surface area contributed by atoms with Gasteiger partial charge >= 0.3 is 0 Å². The van der Waals surface area contributed by atoms with Crippen LogP contribution in [0.1, 0.15) is 65.0 Å². The largest absolute Gasteiger partial charge is 0.419 e. The van der Waals surface area contributed by atoms with Gasteiger partial charge in [0.05, 0.1) is 0 Å². The molecule has 125 valence electrons. The second-order valence-electron chi connectivity index (χ2n) is 5.62. The minimum atomic E-state index is -0.123. The summed E-state index contributed by atoms with van der Waals surface area (Å²) in [6, 6.07) is 5.57. The molecule has 0 saturated carbocycles. The Labute approximate surface area is 165 Å². The molecule has 2 heterocycles. The molecule has 1 radical (unpaired) electrons. The fourth-order valence-electron chi connectivity index (χ4n) is 2.05. The normalized spacial score (nSPS) is 10.5. The quantitative estimate of drug-likeness (QED) is 0.514. The molecule has 0 aliphatic carbocycles. The summed E-state index contributed by atoms with van der Waals surface area (Å²) in [6.07, 6.45) is 4.20. The molecular weight excluding hydrogens is 363 g/mol. The van der Waals surface area contributed by atoms with Crippen LogP contribution in [0.3, 0.4) is 0 Å². The first-order valence-electron chi connectivity index (χ1n) is 7.95. The smallest absolute Gasteiger partial charge is 0.266 e. The second-order valence-corrected chi connectivity index (χ2v) is 5.62. The third-order valence-electron chi connectivity index (χ3n) is 3.33. The molecular formula is C18H27N3OY-2. The van der Waals surface area contributed by atoms with Gasteiger partial charge in [0.1, 0.15) is 5.69 Å². The number of aromatic nitrogens is 3. The van der Waals surface area contributed by atoms with Crippen LogP contribution in [0.4, 0.5) is 0 Å². The van der Waals surface area contributed by atoms with Crippen LogP contribution in [0, 0.1) is 13.8 Å². The summed E-state index contributed by atoms with van der Waals surface area (Å²) < 4.78 is 5.79.